The number of amides is 2. The van der Waals surface area contributed by atoms with Gasteiger partial charge in [0.1, 0.15) is 0 Å². The highest BCUT2D eigenvalue weighted by Crippen LogP contribution is 2.44. The number of fused-ring (bicyclic) bond motifs is 1. The maximum atomic E-state index is 13.6. The first-order valence-corrected chi connectivity index (χ1v) is 12.5. The Morgan fingerprint density at radius 1 is 1.12 bits per heavy atom. The van der Waals surface area contributed by atoms with Gasteiger partial charge in [0.25, 0.3) is 5.91 Å². The van der Waals surface area contributed by atoms with Crippen molar-refractivity contribution < 1.29 is 14.3 Å². The second-order valence-corrected chi connectivity index (χ2v) is 9.54. The zero-order chi connectivity index (χ0) is 22.3. The first-order valence-electron chi connectivity index (χ1n) is 11.6. The van der Waals surface area contributed by atoms with E-state index < -0.39 is 5.92 Å². The van der Waals surface area contributed by atoms with Crippen molar-refractivity contribution in [2.45, 2.75) is 37.6 Å². The van der Waals surface area contributed by atoms with Crippen LogP contribution >= 0.6 is 11.3 Å². The van der Waals surface area contributed by atoms with Gasteiger partial charge in [0.05, 0.1) is 18.6 Å². The molecule has 1 N–H and O–H groups in total. The molecule has 2 atom stereocenters. The smallest absolute Gasteiger partial charge is 0.254 e. The number of benzene rings is 1. The first kappa shape index (κ1) is 23.0. The first-order chi connectivity index (χ1) is 15.7. The Kier molecular flexibility index (Phi) is 7.95. The van der Waals surface area contributed by atoms with Crippen molar-refractivity contribution in [1.82, 2.24) is 15.1 Å². The summed E-state index contributed by atoms with van der Waals surface area (Å²) in [5.74, 6) is -0.482. The molecule has 1 saturated heterocycles. The predicted octanol–water partition coefficient (Wildman–Crippen LogP) is 3.67. The van der Waals surface area contributed by atoms with Gasteiger partial charge in [0.2, 0.25) is 5.91 Å². The van der Waals surface area contributed by atoms with E-state index in [2.05, 4.69) is 10.2 Å². The Balaban J connectivity index is 1.54. The van der Waals surface area contributed by atoms with Crippen LogP contribution in [0, 0.1) is 0 Å². The second kappa shape index (κ2) is 11.1. The minimum atomic E-state index is -0.436. The predicted molar refractivity (Wildman–Crippen MR) is 127 cm³/mol. The summed E-state index contributed by atoms with van der Waals surface area (Å²) in [5, 5.41) is 5.19. The van der Waals surface area contributed by atoms with Crippen molar-refractivity contribution in [2.75, 3.05) is 46.4 Å². The summed E-state index contributed by atoms with van der Waals surface area (Å²) in [6.45, 7) is 4.89. The van der Waals surface area contributed by atoms with E-state index >= 15 is 0 Å². The molecule has 3 heterocycles. The average molecular weight is 456 g/mol. The summed E-state index contributed by atoms with van der Waals surface area (Å²) in [4.78, 5) is 32.3. The Labute approximate surface area is 194 Å². The number of ether oxygens (including phenoxy) is 1. The average Bonchev–Trinajstić information content (AvgIpc) is 3.36. The fraction of sp³-hybridized carbons (Fsp3) is 0.520. The third-order valence-corrected chi connectivity index (χ3v) is 7.43. The second-order valence-electron chi connectivity index (χ2n) is 8.56. The molecule has 0 saturated carbocycles. The fourth-order valence-corrected chi connectivity index (χ4v) is 5.77. The number of carbonyl (C=O) groups is 2. The lowest BCUT2D eigenvalue weighted by molar-refractivity contribution is -0.124. The molecule has 1 aromatic carbocycles. The summed E-state index contributed by atoms with van der Waals surface area (Å²) in [5.41, 5.74) is 1.43. The van der Waals surface area contributed by atoms with E-state index in [0.29, 0.717) is 25.3 Å². The third-order valence-electron chi connectivity index (χ3n) is 6.49. The highest BCUT2D eigenvalue weighted by molar-refractivity contribution is 7.10. The van der Waals surface area contributed by atoms with Crippen LogP contribution in [-0.4, -0.2) is 68.1 Å². The van der Waals surface area contributed by atoms with Crippen LogP contribution in [0.4, 0.5) is 0 Å². The molecule has 0 bridgehead atoms. The van der Waals surface area contributed by atoms with Crippen molar-refractivity contribution >= 4 is 23.2 Å². The number of carbonyl (C=O) groups excluding carboxylic acids is 2. The van der Waals surface area contributed by atoms with Crippen molar-refractivity contribution in [1.29, 1.82) is 0 Å². The summed E-state index contributed by atoms with van der Waals surface area (Å²) in [7, 11) is 1.63. The number of rotatable bonds is 9. The summed E-state index contributed by atoms with van der Waals surface area (Å²) in [6, 6.07) is 11.2. The number of nitrogens with zero attached hydrogens (tertiary/aromatic N) is 2. The van der Waals surface area contributed by atoms with Gasteiger partial charge in [-0.15, -0.1) is 11.3 Å². The van der Waals surface area contributed by atoms with E-state index in [9.17, 15) is 9.59 Å². The molecular weight excluding hydrogens is 422 g/mol. The van der Waals surface area contributed by atoms with Gasteiger partial charge in [-0.2, -0.15) is 0 Å². The van der Waals surface area contributed by atoms with Crippen LogP contribution in [0.2, 0.25) is 0 Å². The van der Waals surface area contributed by atoms with Gasteiger partial charge in [-0.05, 0) is 62.0 Å². The molecule has 0 spiro atoms. The van der Waals surface area contributed by atoms with Crippen LogP contribution in [-0.2, 0) is 9.53 Å². The fourth-order valence-electron chi connectivity index (χ4n) is 4.89. The highest BCUT2D eigenvalue weighted by atomic mass is 32.1. The third kappa shape index (κ3) is 5.05. The number of thiophene rings is 1. The van der Waals surface area contributed by atoms with Gasteiger partial charge >= 0.3 is 0 Å². The molecule has 1 fully saturated rings. The minimum Gasteiger partial charge on any atom is -0.383 e. The molecule has 6 nitrogen and oxygen atoms in total. The van der Waals surface area contributed by atoms with E-state index in [1.807, 2.05) is 46.7 Å². The number of methoxy groups -OCH3 is 1. The highest BCUT2D eigenvalue weighted by Gasteiger charge is 2.44. The lowest BCUT2D eigenvalue weighted by Gasteiger charge is -2.41. The van der Waals surface area contributed by atoms with Crippen LogP contribution in [0.3, 0.4) is 0 Å². The van der Waals surface area contributed by atoms with Crippen molar-refractivity contribution in [3.63, 3.8) is 0 Å². The van der Waals surface area contributed by atoms with E-state index in [4.69, 9.17) is 4.74 Å². The Hall–Kier alpha value is -2.22. The maximum absolute atomic E-state index is 13.6. The number of hydrogen-bond acceptors (Lipinski definition) is 5. The molecule has 0 radical (unpaired) electrons. The van der Waals surface area contributed by atoms with Crippen LogP contribution in [0.5, 0.6) is 0 Å². The standard InChI is InChI=1S/C25H33N3O3S/c1-31-17-16-28-23(21-11-7-18-32-21)22(19-9-3-4-10-20(19)25(28)30)24(29)26-12-8-15-27-13-5-2-6-14-27/h3-4,7,9-11,18,22-23H,2,5-6,8,12-17H2,1H3,(H,26,29)/t22-,23+/m1/s1. The minimum absolute atomic E-state index is 0.00980. The molecular formula is C25H33N3O3S. The molecule has 2 amide bonds. The topological polar surface area (TPSA) is 61.9 Å². The molecule has 7 heteroatoms. The largest absolute Gasteiger partial charge is 0.383 e. The Morgan fingerprint density at radius 2 is 1.94 bits per heavy atom. The van der Waals surface area contributed by atoms with Crippen molar-refractivity contribution in [2.24, 2.45) is 0 Å². The lowest BCUT2D eigenvalue weighted by Crippen LogP contribution is -2.48. The molecule has 2 aromatic rings. The van der Waals surface area contributed by atoms with Gasteiger partial charge in [0, 0.05) is 30.6 Å². The number of nitrogens with one attached hydrogen (secondary N) is 1. The molecule has 1 aromatic heterocycles. The molecule has 172 valence electrons. The monoisotopic (exact) mass is 455 g/mol. The number of piperidine rings is 1. The summed E-state index contributed by atoms with van der Waals surface area (Å²) in [6.07, 6.45) is 4.82. The quantitative estimate of drug-likeness (QED) is 0.586. The molecule has 2 aliphatic heterocycles. The van der Waals surface area contributed by atoms with Gasteiger partial charge in [0.15, 0.2) is 0 Å². The SMILES string of the molecule is COCCN1C(=O)c2ccccc2[C@@H](C(=O)NCCCN2CCCCC2)[C@@H]1c1cccs1. The van der Waals surface area contributed by atoms with Crippen molar-refractivity contribution in [3.05, 3.63) is 57.8 Å². The van der Waals surface area contributed by atoms with Gasteiger partial charge in [-0.3, -0.25) is 9.59 Å². The van der Waals surface area contributed by atoms with Crippen LogP contribution in [0.15, 0.2) is 41.8 Å². The summed E-state index contributed by atoms with van der Waals surface area (Å²) < 4.78 is 5.28. The van der Waals surface area contributed by atoms with Gasteiger partial charge in [-0.25, -0.2) is 0 Å². The zero-order valence-electron chi connectivity index (χ0n) is 18.8. The van der Waals surface area contributed by atoms with Crippen LogP contribution < -0.4 is 5.32 Å². The number of likely N-dealkylation sites (tertiary alicyclic amines) is 1. The van der Waals surface area contributed by atoms with Crippen LogP contribution in [0.25, 0.3) is 0 Å². The maximum Gasteiger partial charge on any atom is 0.254 e. The van der Waals surface area contributed by atoms with E-state index in [0.717, 1.165) is 23.4 Å². The Morgan fingerprint density at radius 3 is 2.69 bits per heavy atom. The van der Waals surface area contributed by atoms with Crippen molar-refractivity contribution in [3.8, 4) is 0 Å². The normalized spacial score (nSPS) is 21.4. The zero-order valence-corrected chi connectivity index (χ0v) is 19.6. The van der Waals surface area contributed by atoms with Crippen LogP contribution in [0.1, 0.15) is 58.4 Å². The Bertz CT molecular complexity index is 896. The molecule has 2 aliphatic rings. The molecule has 0 aliphatic carbocycles. The number of hydrogen-bond donors (Lipinski definition) is 1. The molecule has 4 rings (SSSR count). The summed E-state index contributed by atoms with van der Waals surface area (Å²) >= 11 is 1.59. The van der Waals surface area contributed by atoms with E-state index in [-0.39, 0.29) is 17.9 Å². The van der Waals surface area contributed by atoms with E-state index in [1.165, 1.54) is 32.4 Å². The molecule has 32 heavy (non-hydrogen) atoms. The van der Waals surface area contributed by atoms with Gasteiger partial charge in [-0.1, -0.05) is 30.7 Å². The van der Waals surface area contributed by atoms with E-state index in [1.54, 1.807) is 18.4 Å². The lowest BCUT2D eigenvalue weighted by atomic mass is 9.81. The molecule has 0 unspecified atom stereocenters. The van der Waals surface area contributed by atoms with Gasteiger partial charge < -0.3 is 19.9 Å².